The van der Waals surface area contributed by atoms with Crippen LogP contribution >= 0.6 is 0 Å². The van der Waals surface area contributed by atoms with E-state index in [9.17, 15) is 0 Å². The first-order chi connectivity index (χ1) is 10.8. The molecule has 23 heavy (non-hydrogen) atoms. The highest BCUT2D eigenvalue weighted by molar-refractivity contribution is 5.07. The summed E-state index contributed by atoms with van der Waals surface area (Å²) in [7, 11) is 0. The second kappa shape index (κ2) is 5.46. The zero-order valence-electron chi connectivity index (χ0n) is 15.9. The predicted octanol–water partition coefficient (Wildman–Crippen LogP) is 4.77. The molecule has 4 fully saturated rings. The fourth-order valence-corrected chi connectivity index (χ4v) is 6.63. The van der Waals surface area contributed by atoms with Crippen molar-refractivity contribution in [2.75, 3.05) is 0 Å². The SMILES string of the molecule is CC(C)(C)C1NC(CC(C)(C)C2OC3CCCC32)C2CCCC21. The average molecular weight is 320 g/mol. The highest BCUT2D eigenvalue weighted by atomic mass is 16.5. The normalized spacial score (nSPS) is 46.6. The Bertz CT molecular complexity index is 451. The van der Waals surface area contributed by atoms with E-state index < -0.39 is 0 Å². The summed E-state index contributed by atoms with van der Waals surface area (Å²) in [6.07, 6.45) is 10.9. The van der Waals surface area contributed by atoms with Crippen molar-refractivity contribution in [1.29, 1.82) is 0 Å². The molecule has 0 amide bonds. The first-order valence-electron chi connectivity index (χ1n) is 10.2. The lowest BCUT2D eigenvalue weighted by Gasteiger charge is -2.50. The molecule has 0 aromatic carbocycles. The summed E-state index contributed by atoms with van der Waals surface area (Å²) in [5.41, 5.74) is 0.707. The summed E-state index contributed by atoms with van der Waals surface area (Å²) in [6.45, 7) is 12.2. The quantitative estimate of drug-likeness (QED) is 0.809. The number of hydrogen-bond acceptors (Lipinski definition) is 2. The maximum atomic E-state index is 6.32. The third-order valence-corrected chi connectivity index (χ3v) is 7.63. The van der Waals surface area contributed by atoms with E-state index in [1.54, 1.807) is 0 Å². The monoisotopic (exact) mass is 319 g/mol. The molecular formula is C21H37NO. The van der Waals surface area contributed by atoms with Crippen LogP contribution in [-0.2, 0) is 4.74 Å². The molecule has 7 unspecified atom stereocenters. The Kier molecular flexibility index (Phi) is 3.89. The molecule has 2 aliphatic heterocycles. The molecule has 0 radical (unpaired) electrons. The van der Waals surface area contributed by atoms with Gasteiger partial charge in [0.05, 0.1) is 12.2 Å². The first kappa shape index (κ1) is 16.4. The molecule has 4 aliphatic rings. The largest absolute Gasteiger partial charge is 0.374 e. The van der Waals surface area contributed by atoms with Crippen LogP contribution in [0.3, 0.4) is 0 Å². The summed E-state index contributed by atoms with van der Waals surface area (Å²) in [5.74, 6) is 2.69. The van der Waals surface area contributed by atoms with E-state index in [0.717, 1.165) is 17.8 Å². The Morgan fingerprint density at radius 2 is 1.52 bits per heavy atom. The highest BCUT2D eigenvalue weighted by Crippen LogP contribution is 2.53. The van der Waals surface area contributed by atoms with E-state index in [2.05, 4.69) is 39.9 Å². The Labute approximate surface area is 143 Å². The molecule has 2 heteroatoms. The van der Waals surface area contributed by atoms with Crippen LogP contribution in [0.1, 0.15) is 79.6 Å². The van der Waals surface area contributed by atoms with Crippen LogP contribution in [0, 0.1) is 28.6 Å². The summed E-state index contributed by atoms with van der Waals surface area (Å²) < 4.78 is 6.32. The fourth-order valence-electron chi connectivity index (χ4n) is 6.63. The summed E-state index contributed by atoms with van der Waals surface area (Å²) in [5, 5.41) is 4.10. The van der Waals surface area contributed by atoms with Gasteiger partial charge in [-0.1, -0.05) is 47.5 Å². The van der Waals surface area contributed by atoms with Gasteiger partial charge >= 0.3 is 0 Å². The number of rotatable bonds is 3. The standard InChI is InChI=1S/C21H37NO/c1-20(2,3)18-14-9-6-8-13(14)16(22-18)12-21(4,5)19-15-10-7-11-17(15)23-19/h13-19,22H,6-12H2,1-5H3. The molecule has 1 N–H and O–H groups in total. The maximum absolute atomic E-state index is 6.32. The van der Waals surface area contributed by atoms with Gasteiger partial charge in [-0.15, -0.1) is 0 Å². The summed E-state index contributed by atoms with van der Waals surface area (Å²) in [4.78, 5) is 0. The Morgan fingerprint density at radius 3 is 2.22 bits per heavy atom. The van der Waals surface area contributed by atoms with Gasteiger partial charge in [-0.2, -0.15) is 0 Å². The minimum absolute atomic E-state index is 0.323. The van der Waals surface area contributed by atoms with Crippen molar-refractivity contribution < 1.29 is 4.74 Å². The number of ether oxygens (including phenoxy) is 1. The van der Waals surface area contributed by atoms with E-state index in [4.69, 9.17) is 4.74 Å². The van der Waals surface area contributed by atoms with Crippen molar-refractivity contribution in [3.63, 3.8) is 0 Å². The second-order valence-corrected chi connectivity index (χ2v) is 10.8. The smallest absolute Gasteiger partial charge is 0.0683 e. The van der Waals surface area contributed by atoms with Gasteiger partial charge in [-0.25, -0.2) is 0 Å². The van der Waals surface area contributed by atoms with E-state index >= 15 is 0 Å². The Morgan fingerprint density at radius 1 is 0.870 bits per heavy atom. The van der Waals surface area contributed by atoms with Gasteiger partial charge in [-0.3, -0.25) is 0 Å². The van der Waals surface area contributed by atoms with E-state index in [1.807, 2.05) is 0 Å². The molecule has 2 saturated heterocycles. The van der Waals surface area contributed by atoms with Crippen LogP contribution in [0.25, 0.3) is 0 Å². The molecule has 7 atom stereocenters. The summed E-state index contributed by atoms with van der Waals surface area (Å²) >= 11 is 0. The lowest BCUT2D eigenvalue weighted by atomic mass is 9.69. The zero-order chi connectivity index (χ0) is 16.4. The molecule has 0 bridgehead atoms. The average Bonchev–Trinajstić information content (AvgIpc) is 3.06. The van der Waals surface area contributed by atoms with Gasteiger partial charge in [0.2, 0.25) is 0 Å². The topological polar surface area (TPSA) is 21.3 Å². The highest BCUT2D eigenvalue weighted by Gasteiger charge is 2.55. The van der Waals surface area contributed by atoms with Crippen molar-refractivity contribution in [2.45, 2.75) is 104 Å². The first-order valence-corrected chi connectivity index (χ1v) is 10.2. The molecular weight excluding hydrogens is 282 g/mol. The second-order valence-electron chi connectivity index (χ2n) is 10.8. The molecule has 4 rings (SSSR count). The Balaban J connectivity index is 1.46. The van der Waals surface area contributed by atoms with Crippen molar-refractivity contribution >= 4 is 0 Å². The Hall–Kier alpha value is -0.0800. The van der Waals surface area contributed by atoms with Crippen LogP contribution in [0.4, 0.5) is 0 Å². The zero-order valence-corrected chi connectivity index (χ0v) is 15.9. The predicted molar refractivity (Wildman–Crippen MR) is 95.4 cm³/mol. The number of fused-ring (bicyclic) bond motifs is 2. The van der Waals surface area contributed by atoms with Gasteiger partial charge < -0.3 is 10.1 Å². The van der Waals surface area contributed by atoms with Crippen molar-refractivity contribution in [1.82, 2.24) is 5.32 Å². The van der Waals surface area contributed by atoms with Crippen LogP contribution in [0.2, 0.25) is 0 Å². The van der Waals surface area contributed by atoms with Crippen LogP contribution in [0.5, 0.6) is 0 Å². The minimum Gasteiger partial charge on any atom is -0.374 e. The molecule has 2 nitrogen and oxygen atoms in total. The number of hydrogen-bond donors (Lipinski definition) is 1. The lowest BCUT2D eigenvalue weighted by molar-refractivity contribution is -0.216. The molecule has 2 aliphatic carbocycles. The molecule has 132 valence electrons. The summed E-state index contributed by atoms with van der Waals surface area (Å²) in [6, 6.07) is 1.42. The van der Waals surface area contributed by atoms with E-state index in [0.29, 0.717) is 35.1 Å². The van der Waals surface area contributed by atoms with Crippen molar-refractivity contribution in [2.24, 2.45) is 28.6 Å². The third-order valence-electron chi connectivity index (χ3n) is 7.63. The van der Waals surface area contributed by atoms with Crippen molar-refractivity contribution in [3.05, 3.63) is 0 Å². The van der Waals surface area contributed by atoms with Gasteiger partial charge in [0.1, 0.15) is 0 Å². The molecule has 0 aromatic heterocycles. The van der Waals surface area contributed by atoms with Gasteiger partial charge in [0.25, 0.3) is 0 Å². The van der Waals surface area contributed by atoms with Gasteiger partial charge in [-0.05, 0) is 54.8 Å². The fraction of sp³-hybridized carbons (Fsp3) is 1.00. The van der Waals surface area contributed by atoms with Crippen LogP contribution in [-0.4, -0.2) is 24.3 Å². The minimum atomic E-state index is 0.323. The van der Waals surface area contributed by atoms with Crippen LogP contribution < -0.4 is 5.32 Å². The molecule has 0 spiro atoms. The van der Waals surface area contributed by atoms with Gasteiger partial charge in [0.15, 0.2) is 0 Å². The van der Waals surface area contributed by atoms with E-state index in [1.165, 1.54) is 44.9 Å². The third kappa shape index (κ3) is 2.68. The van der Waals surface area contributed by atoms with Crippen molar-refractivity contribution in [3.8, 4) is 0 Å². The van der Waals surface area contributed by atoms with Crippen LogP contribution in [0.15, 0.2) is 0 Å². The number of nitrogens with one attached hydrogen (secondary N) is 1. The van der Waals surface area contributed by atoms with E-state index in [-0.39, 0.29) is 0 Å². The maximum Gasteiger partial charge on any atom is 0.0683 e. The lowest BCUT2D eigenvalue weighted by Crippen LogP contribution is -2.55. The van der Waals surface area contributed by atoms with Gasteiger partial charge in [0, 0.05) is 18.0 Å². The molecule has 2 heterocycles. The molecule has 2 saturated carbocycles. The molecule has 0 aromatic rings.